The number of ether oxygens (including phenoxy) is 3. The lowest BCUT2D eigenvalue weighted by Gasteiger charge is -2.14. The van der Waals surface area contributed by atoms with E-state index in [0.717, 1.165) is 28.2 Å². The molecule has 5 heteroatoms. The maximum Gasteiger partial charge on any atom is 0.305 e. The van der Waals surface area contributed by atoms with Crippen molar-refractivity contribution < 1.29 is 19.0 Å². The Morgan fingerprint density at radius 2 is 1.32 bits per heavy atom. The number of methoxy groups -OCH3 is 1. The Kier molecular flexibility index (Phi) is 8.11. The van der Waals surface area contributed by atoms with Crippen LogP contribution in [-0.4, -0.2) is 26.3 Å². The van der Waals surface area contributed by atoms with Gasteiger partial charge in [0.15, 0.2) is 0 Å². The molecule has 0 N–H and O–H groups in total. The first-order valence-corrected chi connectivity index (χ1v) is 9.29. The van der Waals surface area contributed by atoms with E-state index >= 15 is 0 Å². The van der Waals surface area contributed by atoms with Gasteiger partial charge in [-0.2, -0.15) is 5.26 Å². The number of benzene rings is 2. The molecule has 0 aromatic heterocycles. The van der Waals surface area contributed by atoms with Crippen LogP contribution in [0.2, 0.25) is 0 Å². The van der Waals surface area contributed by atoms with E-state index in [-0.39, 0.29) is 12.4 Å². The van der Waals surface area contributed by atoms with E-state index in [4.69, 9.17) is 14.2 Å². The third kappa shape index (κ3) is 5.62. The number of carbonyl (C=O) groups is 1. The zero-order chi connectivity index (χ0) is 20.4. The van der Waals surface area contributed by atoms with Crippen molar-refractivity contribution in [2.75, 3.05) is 20.3 Å². The van der Waals surface area contributed by atoms with Gasteiger partial charge >= 0.3 is 5.97 Å². The highest BCUT2D eigenvalue weighted by molar-refractivity contribution is 5.85. The molecule has 0 aliphatic heterocycles. The molecule has 0 spiro atoms. The predicted molar refractivity (Wildman–Crippen MR) is 108 cm³/mol. The van der Waals surface area contributed by atoms with Gasteiger partial charge in [0.25, 0.3) is 0 Å². The highest BCUT2D eigenvalue weighted by Crippen LogP contribution is 2.31. The summed E-state index contributed by atoms with van der Waals surface area (Å²) in [5, 5.41) is 9.77. The van der Waals surface area contributed by atoms with E-state index in [1.807, 2.05) is 62.4 Å². The average Bonchev–Trinajstić information content (AvgIpc) is 2.73. The Balaban J connectivity index is 2.48. The molecule has 0 aliphatic rings. The summed E-state index contributed by atoms with van der Waals surface area (Å²) in [6.07, 6.45) is 0.454. The molecule has 0 saturated heterocycles. The fourth-order valence-corrected chi connectivity index (χ4v) is 2.85. The zero-order valence-electron chi connectivity index (χ0n) is 16.5. The van der Waals surface area contributed by atoms with E-state index < -0.39 is 0 Å². The van der Waals surface area contributed by atoms with E-state index in [1.165, 1.54) is 7.11 Å². The number of hydrogen-bond donors (Lipinski definition) is 0. The molecule has 146 valence electrons. The van der Waals surface area contributed by atoms with Gasteiger partial charge in [0.2, 0.25) is 0 Å². The Labute approximate surface area is 166 Å². The Morgan fingerprint density at radius 1 is 0.857 bits per heavy atom. The minimum Gasteiger partial charge on any atom is -0.494 e. The van der Waals surface area contributed by atoms with Crippen molar-refractivity contribution in [2.24, 2.45) is 0 Å². The molecule has 0 amide bonds. The van der Waals surface area contributed by atoms with Crippen LogP contribution < -0.4 is 9.47 Å². The largest absolute Gasteiger partial charge is 0.494 e. The first-order valence-electron chi connectivity index (χ1n) is 9.29. The van der Waals surface area contributed by atoms with Gasteiger partial charge in [0.05, 0.1) is 32.8 Å². The molecule has 0 aliphatic carbocycles. The third-order valence-corrected chi connectivity index (χ3v) is 4.15. The second-order valence-corrected chi connectivity index (χ2v) is 5.96. The molecule has 5 nitrogen and oxygen atoms in total. The average molecular weight is 379 g/mol. The fraction of sp³-hybridized carbons (Fsp3) is 0.304. The lowest BCUT2D eigenvalue weighted by Crippen LogP contribution is -2.02. The number of esters is 1. The summed E-state index contributed by atoms with van der Waals surface area (Å²) in [4.78, 5) is 11.6. The molecule has 0 radical (unpaired) electrons. The number of rotatable bonds is 9. The van der Waals surface area contributed by atoms with Gasteiger partial charge in [-0.05, 0) is 55.7 Å². The van der Waals surface area contributed by atoms with Crippen LogP contribution in [0, 0.1) is 11.3 Å². The molecule has 0 unspecified atom stereocenters. The lowest BCUT2D eigenvalue weighted by atomic mass is 9.91. The summed E-state index contributed by atoms with van der Waals surface area (Å²) in [5.41, 5.74) is 3.08. The summed E-state index contributed by atoms with van der Waals surface area (Å²) < 4.78 is 15.7. The first kappa shape index (κ1) is 21.0. The van der Waals surface area contributed by atoms with Gasteiger partial charge in [-0.25, -0.2) is 0 Å². The molecule has 2 rings (SSSR count). The summed E-state index contributed by atoms with van der Waals surface area (Å²) in [7, 11) is 1.35. The van der Waals surface area contributed by atoms with Crippen molar-refractivity contribution >= 4 is 11.5 Å². The predicted octanol–water partition coefficient (Wildman–Crippen LogP) is 4.76. The summed E-state index contributed by atoms with van der Waals surface area (Å²) in [6.45, 7) is 5.03. The van der Waals surface area contributed by atoms with Gasteiger partial charge < -0.3 is 14.2 Å². The second kappa shape index (κ2) is 10.8. The smallest absolute Gasteiger partial charge is 0.305 e. The molecule has 2 aromatic carbocycles. The second-order valence-electron chi connectivity index (χ2n) is 5.96. The van der Waals surface area contributed by atoms with E-state index in [9.17, 15) is 10.1 Å². The van der Waals surface area contributed by atoms with Crippen molar-refractivity contribution in [2.45, 2.75) is 26.7 Å². The third-order valence-electron chi connectivity index (χ3n) is 4.15. The van der Waals surface area contributed by atoms with Crippen LogP contribution in [0.4, 0.5) is 0 Å². The number of hydrogen-bond acceptors (Lipinski definition) is 5. The van der Waals surface area contributed by atoms with Crippen LogP contribution >= 0.6 is 0 Å². The van der Waals surface area contributed by atoms with Crippen molar-refractivity contribution in [3.8, 4) is 17.6 Å². The molecule has 0 saturated carbocycles. The van der Waals surface area contributed by atoms with E-state index in [2.05, 4.69) is 6.07 Å². The SMILES string of the molecule is CCOc1ccc(C(=C(C#N)CCC(=O)OC)c2ccc(OCC)cc2)cc1. The number of nitrogens with zero attached hydrogens (tertiary/aromatic N) is 1. The number of carbonyl (C=O) groups excluding carboxylic acids is 1. The molecule has 0 bridgehead atoms. The lowest BCUT2D eigenvalue weighted by molar-refractivity contribution is -0.140. The number of allylic oxidation sites excluding steroid dienone is 1. The van der Waals surface area contributed by atoms with Gasteiger partial charge in [-0.3, -0.25) is 4.79 Å². The molecule has 0 fully saturated rings. The highest BCUT2D eigenvalue weighted by Gasteiger charge is 2.14. The molecule has 28 heavy (non-hydrogen) atoms. The Hall–Kier alpha value is -3.26. The minimum absolute atomic E-state index is 0.150. The van der Waals surface area contributed by atoms with Crippen LogP contribution in [-0.2, 0) is 9.53 Å². The first-order chi connectivity index (χ1) is 13.6. The normalized spacial score (nSPS) is 9.93. The van der Waals surface area contributed by atoms with Crippen LogP contribution in [0.25, 0.3) is 5.57 Å². The molecule has 0 atom stereocenters. The standard InChI is InChI=1S/C23H25NO4/c1-4-27-20-11-6-17(7-12-20)23(19(16-24)10-15-22(25)26-3)18-8-13-21(14-9-18)28-5-2/h6-9,11-14H,4-5,10,15H2,1-3H3. The van der Waals surface area contributed by atoms with Gasteiger partial charge in [-0.15, -0.1) is 0 Å². The van der Waals surface area contributed by atoms with Crippen LogP contribution in [0.3, 0.4) is 0 Å². The topological polar surface area (TPSA) is 68.5 Å². The van der Waals surface area contributed by atoms with Gasteiger partial charge in [0, 0.05) is 11.1 Å². The summed E-state index contributed by atoms with van der Waals surface area (Å²) >= 11 is 0. The Bertz CT molecular complexity index is 794. The highest BCUT2D eigenvalue weighted by atomic mass is 16.5. The fourth-order valence-electron chi connectivity index (χ4n) is 2.85. The van der Waals surface area contributed by atoms with Crippen LogP contribution in [0.1, 0.15) is 37.8 Å². The number of nitriles is 1. The molecule has 0 heterocycles. The quantitative estimate of drug-likeness (QED) is 0.464. The molecule has 2 aromatic rings. The van der Waals surface area contributed by atoms with E-state index in [0.29, 0.717) is 25.2 Å². The van der Waals surface area contributed by atoms with Gasteiger partial charge in [0.1, 0.15) is 11.5 Å². The van der Waals surface area contributed by atoms with Crippen molar-refractivity contribution in [3.05, 3.63) is 65.2 Å². The van der Waals surface area contributed by atoms with Crippen LogP contribution in [0.15, 0.2) is 54.1 Å². The summed E-state index contributed by atoms with van der Waals surface area (Å²) in [5.74, 6) is 1.20. The zero-order valence-corrected chi connectivity index (χ0v) is 16.5. The van der Waals surface area contributed by atoms with Crippen LogP contribution in [0.5, 0.6) is 11.5 Å². The molecular weight excluding hydrogens is 354 g/mol. The van der Waals surface area contributed by atoms with Crippen molar-refractivity contribution in [1.82, 2.24) is 0 Å². The maximum atomic E-state index is 11.6. The van der Waals surface area contributed by atoms with Crippen molar-refractivity contribution in [1.29, 1.82) is 5.26 Å². The maximum absolute atomic E-state index is 11.6. The summed E-state index contributed by atoms with van der Waals surface area (Å²) in [6, 6.07) is 17.5. The van der Waals surface area contributed by atoms with E-state index in [1.54, 1.807) is 0 Å². The minimum atomic E-state index is -0.342. The Morgan fingerprint density at radius 3 is 1.68 bits per heavy atom. The van der Waals surface area contributed by atoms with Crippen molar-refractivity contribution in [3.63, 3.8) is 0 Å². The molecular formula is C23H25NO4. The monoisotopic (exact) mass is 379 g/mol. The van der Waals surface area contributed by atoms with Gasteiger partial charge in [-0.1, -0.05) is 24.3 Å².